The van der Waals surface area contributed by atoms with E-state index in [4.69, 9.17) is 11.6 Å². The molecule has 0 aliphatic rings. The topological polar surface area (TPSA) is 85.6 Å². The fourth-order valence-corrected chi connectivity index (χ4v) is 3.51. The lowest BCUT2D eigenvalue weighted by atomic mass is 10.2. The normalized spacial score (nSPS) is 11.0. The molecule has 2 heterocycles. The van der Waals surface area contributed by atoms with Crippen LogP contribution in [-0.4, -0.2) is 36.6 Å². The summed E-state index contributed by atoms with van der Waals surface area (Å²) < 4.78 is 28.3. The molecular formula is C19H13ClF2N6OS. The van der Waals surface area contributed by atoms with Crippen molar-refractivity contribution in [3.63, 3.8) is 0 Å². The Bertz CT molecular complexity index is 1220. The molecular weight excluding hydrogens is 434 g/mol. The van der Waals surface area contributed by atoms with Crippen molar-refractivity contribution in [3.8, 4) is 0 Å². The molecule has 2 aromatic carbocycles. The van der Waals surface area contributed by atoms with Crippen LogP contribution in [0.3, 0.4) is 0 Å². The van der Waals surface area contributed by atoms with Crippen LogP contribution in [0.15, 0.2) is 53.8 Å². The number of nitrogens with one attached hydrogen (secondary N) is 1. The van der Waals surface area contributed by atoms with E-state index in [1.807, 2.05) is 12.1 Å². The number of carbonyl (C=O) groups is 1. The first kappa shape index (κ1) is 20.2. The Hall–Kier alpha value is -3.11. The van der Waals surface area contributed by atoms with E-state index in [0.29, 0.717) is 33.8 Å². The van der Waals surface area contributed by atoms with E-state index in [9.17, 15) is 13.6 Å². The van der Waals surface area contributed by atoms with Crippen LogP contribution in [0.2, 0.25) is 5.02 Å². The van der Waals surface area contributed by atoms with Gasteiger partial charge in [-0.2, -0.15) is 0 Å². The zero-order valence-electron chi connectivity index (χ0n) is 15.2. The zero-order chi connectivity index (χ0) is 21.1. The third-order valence-corrected chi connectivity index (χ3v) is 5.29. The third kappa shape index (κ3) is 4.55. The van der Waals surface area contributed by atoms with Crippen LogP contribution in [0, 0.1) is 11.6 Å². The molecule has 4 rings (SSSR count). The Morgan fingerprint density at radius 3 is 2.70 bits per heavy atom. The van der Waals surface area contributed by atoms with Crippen molar-refractivity contribution in [3.05, 3.63) is 71.0 Å². The number of nitrogens with zero attached hydrogens (tertiary/aromatic N) is 5. The van der Waals surface area contributed by atoms with Gasteiger partial charge in [0.15, 0.2) is 11.2 Å². The number of rotatable bonds is 6. The Morgan fingerprint density at radius 2 is 1.93 bits per heavy atom. The largest absolute Gasteiger partial charge is 0.323 e. The molecule has 152 valence electrons. The standard InChI is InChI=1S/C19H13ClF2N6OS/c20-12-3-1-11(2-4-12)8-28-18-17(26-27-28)19(24-10-23-18)30-9-16(29)25-15-6-5-13(21)7-14(15)22/h1-7,10H,8-9H2,(H,25,29). The second-order valence-corrected chi connectivity index (χ2v) is 7.59. The molecule has 30 heavy (non-hydrogen) atoms. The first-order valence-corrected chi connectivity index (χ1v) is 10.0. The van der Waals surface area contributed by atoms with E-state index < -0.39 is 17.5 Å². The van der Waals surface area contributed by atoms with Crippen molar-refractivity contribution < 1.29 is 13.6 Å². The molecule has 0 spiro atoms. The molecule has 7 nitrogen and oxygen atoms in total. The fraction of sp³-hybridized carbons (Fsp3) is 0.105. The molecule has 1 amide bonds. The number of amides is 1. The minimum Gasteiger partial charge on any atom is -0.323 e. The molecule has 2 aromatic heterocycles. The van der Waals surface area contributed by atoms with E-state index in [-0.39, 0.29) is 11.4 Å². The summed E-state index contributed by atoms with van der Waals surface area (Å²) >= 11 is 7.02. The highest BCUT2D eigenvalue weighted by Gasteiger charge is 2.15. The van der Waals surface area contributed by atoms with Crippen molar-refractivity contribution in [2.24, 2.45) is 0 Å². The Morgan fingerprint density at radius 1 is 1.13 bits per heavy atom. The third-order valence-electron chi connectivity index (χ3n) is 4.06. The zero-order valence-corrected chi connectivity index (χ0v) is 16.8. The summed E-state index contributed by atoms with van der Waals surface area (Å²) in [7, 11) is 0. The number of anilines is 1. The van der Waals surface area contributed by atoms with E-state index >= 15 is 0 Å². The number of fused-ring (bicyclic) bond motifs is 1. The van der Waals surface area contributed by atoms with Crippen LogP contribution in [-0.2, 0) is 11.3 Å². The van der Waals surface area contributed by atoms with Gasteiger partial charge in [0.2, 0.25) is 5.91 Å². The Balaban J connectivity index is 1.46. The first-order chi connectivity index (χ1) is 14.5. The van der Waals surface area contributed by atoms with Crippen molar-refractivity contribution >= 4 is 46.1 Å². The van der Waals surface area contributed by atoms with Gasteiger partial charge in [-0.25, -0.2) is 23.4 Å². The first-order valence-electron chi connectivity index (χ1n) is 8.66. The average molecular weight is 447 g/mol. The van der Waals surface area contributed by atoms with E-state index in [1.54, 1.807) is 16.8 Å². The second-order valence-electron chi connectivity index (χ2n) is 6.19. The molecule has 0 aliphatic heterocycles. The van der Waals surface area contributed by atoms with Crippen LogP contribution >= 0.6 is 23.4 Å². The van der Waals surface area contributed by atoms with Gasteiger partial charge in [-0.15, -0.1) is 5.10 Å². The highest BCUT2D eigenvalue weighted by Crippen LogP contribution is 2.23. The highest BCUT2D eigenvalue weighted by molar-refractivity contribution is 8.00. The van der Waals surface area contributed by atoms with Crippen LogP contribution in [0.4, 0.5) is 14.5 Å². The van der Waals surface area contributed by atoms with Gasteiger partial charge in [-0.1, -0.05) is 40.7 Å². The summed E-state index contributed by atoms with van der Waals surface area (Å²) in [6, 6.07) is 10.3. The molecule has 0 saturated heterocycles. The number of halogens is 3. The molecule has 0 aliphatic carbocycles. The van der Waals surface area contributed by atoms with E-state index in [0.717, 1.165) is 23.4 Å². The van der Waals surface area contributed by atoms with Gasteiger partial charge in [0, 0.05) is 11.1 Å². The Labute approximate surface area is 178 Å². The molecule has 0 saturated carbocycles. The predicted octanol–water partition coefficient (Wildman–Crippen LogP) is 3.93. The maximum absolute atomic E-state index is 13.7. The Kier molecular flexibility index (Phi) is 5.86. The van der Waals surface area contributed by atoms with Gasteiger partial charge in [0.05, 0.1) is 18.0 Å². The van der Waals surface area contributed by atoms with Crippen molar-refractivity contribution in [2.75, 3.05) is 11.1 Å². The van der Waals surface area contributed by atoms with Crippen LogP contribution in [0.25, 0.3) is 11.2 Å². The SMILES string of the molecule is O=C(CSc1ncnc2c1nnn2Cc1ccc(Cl)cc1)Nc1ccc(F)cc1F. The molecule has 0 bridgehead atoms. The molecule has 0 unspecified atom stereocenters. The second kappa shape index (κ2) is 8.72. The monoisotopic (exact) mass is 446 g/mol. The minimum atomic E-state index is -0.845. The number of hydrogen-bond acceptors (Lipinski definition) is 6. The summed E-state index contributed by atoms with van der Waals surface area (Å²) in [5.41, 5.74) is 1.85. The molecule has 4 aromatic rings. The fourth-order valence-electron chi connectivity index (χ4n) is 2.66. The van der Waals surface area contributed by atoms with Gasteiger partial charge < -0.3 is 5.32 Å². The predicted molar refractivity (Wildman–Crippen MR) is 109 cm³/mol. The van der Waals surface area contributed by atoms with E-state index in [2.05, 4.69) is 25.6 Å². The molecule has 0 radical (unpaired) electrons. The van der Waals surface area contributed by atoms with Crippen LogP contribution < -0.4 is 5.32 Å². The summed E-state index contributed by atoms with van der Waals surface area (Å²) in [5.74, 6) is -2.08. The van der Waals surface area contributed by atoms with Gasteiger partial charge in [-0.3, -0.25) is 4.79 Å². The maximum atomic E-state index is 13.7. The lowest BCUT2D eigenvalue weighted by Gasteiger charge is -2.06. The molecule has 0 atom stereocenters. The lowest BCUT2D eigenvalue weighted by molar-refractivity contribution is -0.113. The smallest absolute Gasteiger partial charge is 0.234 e. The van der Waals surface area contributed by atoms with Gasteiger partial charge in [0.25, 0.3) is 0 Å². The van der Waals surface area contributed by atoms with E-state index in [1.165, 1.54) is 12.4 Å². The van der Waals surface area contributed by atoms with Gasteiger partial charge in [0.1, 0.15) is 23.0 Å². The summed E-state index contributed by atoms with van der Waals surface area (Å²) in [4.78, 5) is 20.5. The summed E-state index contributed by atoms with van der Waals surface area (Å²) in [5, 5.41) is 11.8. The summed E-state index contributed by atoms with van der Waals surface area (Å²) in [6.07, 6.45) is 1.37. The van der Waals surface area contributed by atoms with Gasteiger partial charge >= 0.3 is 0 Å². The number of thioether (sulfide) groups is 1. The van der Waals surface area contributed by atoms with Crippen molar-refractivity contribution in [1.82, 2.24) is 25.0 Å². The molecule has 0 fully saturated rings. The quantitative estimate of drug-likeness (QED) is 0.357. The number of benzene rings is 2. The molecule has 1 N–H and O–H groups in total. The lowest BCUT2D eigenvalue weighted by Crippen LogP contribution is -2.15. The van der Waals surface area contributed by atoms with Crippen molar-refractivity contribution in [1.29, 1.82) is 0 Å². The maximum Gasteiger partial charge on any atom is 0.234 e. The van der Waals surface area contributed by atoms with Crippen LogP contribution in [0.5, 0.6) is 0 Å². The summed E-state index contributed by atoms with van der Waals surface area (Å²) in [6.45, 7) is 0.444. The number of aromatic nitrogens is 5. The van der Waals surface area contributed by atoms with Crippen molar-refractivity contribution in [2.45, 2.75) is 11.6 Å². The van der Waals surface area contributed by atoms with Crippen LogP contribution in [0.1, 0.15) is 5.56 Å². The number of carbonyl (C=O) groups excluding carboxylic acids is 1. The minimum absolute atomic E-state index is 0.0486. The van der Waals surface area contributed by atoms with Gasteiger partial charge in [-0.05, 0) is 29.8 Å². The average Bonchev–Trinajstić information content (AvgIpc) is 3.14. The molecule has 11 heteroatoms. The number of hydrogen-bond donors (Lipinski definition) is 1. The highest BCUT2D eigenvalue weighted by atomic mass is 35.5.